The van der Waals surface area contributed by atoms with Crippen molar-refractivity contribution in [2.75, 3.05) is 13.1 Å². The monoisotopic (exact) mass is 302 g/mol. The highest BCUT2D eigenvalue weighted by Gasteiger charge is 2.18. The molecule has 0 bridgehead atoms. The number of nitrogens with zero attached hydrogens (tertiary/aromatic N) is 1. The average molecular weight is 303 g/mol. The number of likely N-dealkylation sites (tertiary alicyclic amines) is 1. The van der Waals surface area contributed by atoms with Crippen LogP contribution in [-0.4, -0.2) is 35.6 Å². The molecule has 0 aromatic rings. The topological polar surface area (TPSA) is 69.6 Å². The van der Waals surface area contributed by atoms with E-state index in [4.69, 9.17) is 21.5 Å². The number of carboxylic acid groups (broad SMARTS) is 1. The second-order valence-corrected chi connectivity index (χ2v) is 4.52. The summed E-state index contributed by atoms with van der Waals surface area (Å²) in [7, 11) is 0. The van der Waals surface area contributed by atoms with Crippen LogP contribution in [0.5, 0.6) is 0 Å². The molecule has 2 rings (SSSR count). The van der Waals surface area contributed by atoms with Gasteiger partial charge in [0.2, 0.25) is 0 Å². The van der Waals surface area contributed by atoms with Crippen LogP contribution >= 0.6 is 11.6 Å². The lowest BCUT2D eigenvalue weighted by atomic mass is 10.1. The Labute approximate surface area is 125 Å². The van der Waals surface area contributed by atoms with Gasteiger partial charge in [0.05, 0.1) is 0 Å². The van der Waals surface area contributed by atoms with Crippen molar-refractivity contribution in [1.29, 1.82) is 0 Å². The highest BCUT2D eigenvalue weighted by molar-refractivity contribution is 6.29. The molecule has 114 valence electrons. The molecular formula is C14H23ClN2O3. The Hall–Kier alpha value is -1.49. The zero-order valence-electron chi connectivity index (χ0n) is 12.1. The molecule has 6 heteroatoms. The number of hydrogen-bond donors (Lipinski definition) is 2. The molecule has 0 aromatic carbocycles. The lowest BCUT2D eigenvalue weighted by Gasteiger charge is -2.19. The summed E-state index contributed by atoms with van der Waals surface area (Å²) in [5.41, 5.74) is 0.969. The van der Waals surface area contributed by atoms with E-state index in [2.05, 4.69) is 5.32 Å². The first-order valence-electron chi connectivity index (χ1n) is 6.86. The van der Waals surface area contributed by atoms with Gasteiger partial charge in [0.25, 0.3) is 6.47 Å². The number of allylic oxidation sites excluding steroid dienone is 4. The molecule has 5 nitrogen and oxygen atoms in total. The predicted octanol–water partition coefficient (Wildman–Crippen LogP) is 3.32. The second-order valence-electron chi connectivity index (χ2n) is 4.04. The van der Waals surface area contributed by atoms with E-state index < -0.39 is 0 Å². The third-order valence-corrected chi connectivity index (χ3v) is 3.07. The summed E-state index contributed by atoms with van der Waals surface area (Å²) < 4.78 is 0. The highest BCUT2D eigenvalue weighted by atomic mass is 35.5. The largest absolute Gasteiger partial charge is 0.483 e. The zero-order chi connectivity index (χ0) is 15.4. The van der Waals surface area contributed by atoms with E-state index in [1.165, 1.54) is 0 Å². The number of urea groups is 1. The molecular weight excluding hydrogens is 280 g/mol. The molecule has 0 aromatic heterocycles. The fourth-order valence-electron chi connectivity index (χ4n) is 1.85. The lowest BCUT2D eigenvalue weighted by Crippen LogP contribution is -2.37. The van der Waals surface area contributed by atoms with Crippen LogP contribution in [0, 0.1) is 0 Å². The summed E-state index contributed by atoms with van der Waals surface area (Å²) in [4.78, 5) is 21.9. The van der Waals surface area contributed by atoms with Crippen LogP contribution in [-0.2, 0) is 4.79 Å². The number of carbonyl (C=O) groups excluding carboxylic acids is 1. The van der Waals surface area contributed by atoms with Crippen LogP contribution in [0.15, 0.2) is 22.9 Å². The maximum atomic E-state index is 11.7. The number of carbonyl (C=O) groups is 2. The minimum absolute atomic E-state index is 0.0326. The van der Waals surface area contributed by atoms with E-state index in [-0.39, 0.29) is 12.5 Å². The molecule has 0 saturated carbocycles. The number of hydrogen-bond acceptors (Lipinski definition) is 2. The Morgan fingerprint density at radius 2 is 1.85 bits per heavy atom. The number of rotatable bonds is 1. The van der Waals surface area contributed by atoms with Crippen molar-refractivity contribution in [3.63, 3.8) is 0 Å². The van der Waals surface area contributed by atoms with Crippen molar-refractivity contribution in [2.45, 2.75) is 39.5 Å². The molecule has 2 amide bonds. The minimum Gasteiger partial charge on any atom is -0.483 e. The van der Waals surface area contributed by atoms with Gasteiger partial charge in [-0.3, -0.25) is 4.79 Å². The van der Waals surface area contributed by atoms with Gasteiger partial charge in [0.1, 0.15) is 0 Å². The van der Waals surface area contributed by atoms with E-state index in [0.717, 1.165) is 49.5 Å². The van der Waals surface area contributed by atoms with Crippen LogP contribution < -0.4 is 5.32 Å². The van der Waals surface area contributed by atoms with Crippen molar-refractivity contribution < 1.29 is 14.7 Å². The molecule has 2 N–H and O–H groups in total. The number of amides is 2. The molecule has 2 aliphatic rings. The van der Waals surface area contributed by atoms with Gasteiger partial charge in [-0.25, -0.2) is 4.79 Å². The molecule has 1 fully saturated rings. The molecule has 0 spiro atoms. The third-order valence-electron chi connectivity index (χ3n) is 2.76. The standard InChI is InChI=1S/C11H15ClN2O.C2H6.CH2O2/c12-9-3-5-10(6-4-9)13-11(15)14-7-1-2-8-14;1-2;2-1-3/h3,5H,1-2,4,6-8H2,(H,13,15);1-2H3;1H,(H,2,3). The Balaban J connectivity index is 0.000000641. The van der Waals surface area contributed by atoms with E-state index in [9.17, 15) is 4.79 Å². The van der Waals surface area contributed by atoms with Crippen LogP contribution in [0.2, 0.25) is 0 Å². The fourth-order valence-corrected chi connectivity index (χ4v) is 2.01. The van der Waals surface area contributed by atoms with E-state index in [0.29, 0.717) is 0 Å². The van der Waals surface area contributed by atoms with Crippen LogP contribution in [0.25, 0.3) is 0 Å². The Morgan fingerprint density at radius 1 is 1.30 bits per heavy atom. The SMILES string of the molecule is CC.O=C(NC1=CC=C(Cl)CC1)N1CCCC1.O=CO. The van der Waals surface area contributed by atoms with Gasteiger partial charge in [-0.2, -0.15) is 0 Å². The number of nitrogens with one attached hydrogen (secondary N) is 1. The van der Waals surface area contributed by atoms with Crippen molar-refractivity contribution >= 4 is 24.1 Å². The van der Waals surface area contributed by atoms with Crippen LogP contribution in [0.3, 0.4) is 0 Å². The van der Waals surface area contributed by atoms with Crippen LogP contribution in [0.1, 0.15) is 39.5 Å². The van der Waals surface area contributed by atoms with Gasteiger partial charge in [-0.15, -0.1) is 0 Å². The van der Waals surface area contributed by atoms with Gasteiger partial charge in [-0.05, 0) is 37.8 Å². The summed E-state index contributed by atoms with van der Waals surface area (Å²) in [6, 6.07) is 0.0326. The van der Waals surface area contributed by atoms with E-state index >= 15 is 0 Å². The summed E-state index contributed by atoms with van der Waals surface area (Å²) >= 11 is 5.84. The molecule has 0 radical (unpaired) electrons. The highest BCUT2D eigenvalue weighted by Crippen LogP contribution is 2.19. The van der Waals surface area contributed by atoms with Gasteiger partial charge in [0, 0.05) is 23.8 Å². The molecule has 1 saturated heterocycles. The molecule has 1 aliphatic heterocycles. The molecule has 20 heavy (non-hydrogen) atoms. The number of halogens is 1. The maximum absolute atomic E-state index is 11.7. The van der Waals surface area contributed by atoms with Crippen molar-refractivity contribution in [1.82, 2.24) is 10.2 Å². The van der Waals surface area contributed by atoms with Gasteiger partial charge in [-0.1, -0.05) is 25.4 Å². The van der Waals surface area contributed by atoms with Gasteiger partial charge in [0.15, 0.2) is 0 Å². The van der Waals surface area contributed by atoms with Crippen molar-refractivity contribution in [2.24, 2.45) is 0 Å². The van der Waals surface area contributed by atoms with Crippen LogP contribution in [0.4, 0.5) is 4.79 Å². The summed E-state index contributed by atoms with van der Waals surface area (Å²) in [6.45, 7) is 5.52. The second kappa shape index (κ2) is 11.3. The first-order chi connectivity index (χ1) is 9.67. The Morgan fingerprint density at radius 3 is 2.30 bits per heavy atom. The first kappa shape index (κ1) is 18.5. The fraction of sp³-hybridized carbons (Fsp3) is 0.571. The maximum Gasteiger partial charge on any atom is 0.321 e. The predicted molar refractivity (Wildman–Crippen MR) is 80.6 cm³/mol. The zero-order valence-corrected chi connectivity index (χ0v) is 12.8. The van der Waals surface area contributed by atoms with E-state index in [1.807, 2.05) is 30.9 Å². The molecule has 1 aliphatic carbocycles. The molecule has 0 unspecified atom stereocenters. The third kappa shape index (κ3) is 7.19. The Kier molecular flexibility index (Phi) is 10.5. The summed E-state index contributed by atoms with van der Waals surface area (Å²) in [5.74, 6) is 0. The summed E-state index contributed by atoms with van der Waals surface area (Å²) in [5, 5.41) is 10.7. The summed E-state index contributed by atoms with van der Waals surface area (Å²) in [6.07, 6.45) is 7.64. The normalized spacial score (nSPS) is 16.6. The first-order valence-corrected chi connectivity index (χ1v) is 7.24. The minimum atomic E-state index is -0.250. The average Bonchev–Trinajstić information content (AvgIpc) is 2.99. The van der Waals surface area contributed by atoms with Crippen molar-refractivity contribution in [3.05, 3.63) is 22.9 Å². The Bertz CT molecular complexity index is 361. The lowest BCUT2D eigenvalue weighted by molar-refractivity contribution is -0.122. The smallest absolute Gasteiger partial charge is 0.321 e. The quantitative estimate of drug-likeness (QED) is 0.730. The molecule has 1 heterocycles. The molecule has 0 atom stereocenters. The van der Waals surface area contributed by atoms with Crippen molar-refractivity contribution in [3.8, 4) is 0 Å². The van der Waals surface area contributed by atoms with E-state index in [1.54, 1.807) is 0 Å². The van der Waals surface area contributed by atoms with Gasteiger partial charge >= 0.3 is 6.03 Å². The van der Waals surface area contributed by atoms with Gasteiger partial charge < -0.3 is 15.3 Å².